The van der Waals surface area contributed by atoms with Crippen LogP contribution in [0.5, 0.6) is 0 Å². The molecule has 0 aliphatic heterocycles. The number of carbonyl (C=O) groups is 1. The van der Waals surface area contributed by atoms with E-state index in [1.54, 1.807) is 0 Å². The number of aliphatic carboxylic acids is 1. The zero-order valence-corrected chi connectivity index (χ0v) is 2.43. The van der Waals surface area contributed by atoms with Crippen LogP contribution in [0.15, 0.2) is 12.6 Å². The van der Waals surface area contributed by atoms with Crippen LogP contribution in [0, 0.1) is 0 Å². The quantitative estimate of drug-likeness (QED) is 0.450. The van der Waals surface area contributed by atoms with Gasteiger partial charge in [-0.2, -0.15) is 0 Å². The van der Waals surface area contributed by atoms with E-state index in [1.165, 1.54) is 0 Å². The summed E-state index contributed by atoms with van der Waals surface area (Å²) in [5.41, 5.74) is 0. The Morgan fingerprint density at radius 2 is 3.20 bits per heavy atom. The summed E-state index contributed by atoms with van der Waals surface area (Å²) in [6.45, 7) is 0.475. The van der Waals surface area contributed by atoms with Crippen molar-refractivity contribution in [3.63, 3.8) is 0 Å². The monoisotopic (exact) mass is 71.1 g/mol. The van der Waals surface area contributed by atoms with E-state index < -0.39 is 12.0 Å². The fourth-order valence-electron chi connectivity index (χ4n) is 0. The number of hydrogen-bond donors (Lipinski definition) is 1. The lowest BCUT2D eigenvalue weighted by Crippen LogP contribution is -1.82. The summed E-state index contributed by atoms with van der Waals surface area (Å²) in [6, 6.07) is -0.694. The van der Waals surface area contributed by atoms with Gasteiger partial charge >= 0.3 is 5.97 Å². The van der Waals surface area contributed by atoms with Gasteiger partial charge in [0.1, 0.15) is 0 Å². The normalized spacial score (nSPS) is 16.4. The van der Waals surface area contributed by atoms with Gasteiger partial charge in [0, 0.05) is 6.05 Å². The van der Waals surface area contributed by atoms with Crippen LogP contribution < -0.4 is 0 Å². The van der Waals surface area contributed by atoms with E-state index in [1.807, 2.05) is 0 Å². The summed E-state index contributed by atoms with van der Waals surface area (Å²) in [4.78, 5) is 9.55. The van der Waals surface area contributed by atoms with Crippen LogP contribution in [-0.2, 0) is 4.79 Å². The second kappa shape index (κ2) is 1.52. The van der Waals surface area contributed by atoms with Gasteiger partial charge in [0.2, 0.25) is 0 Å². The van der Waals surface area contributed by atoms with Crippen LogP contribution >= 0.6 is 0 Å². The molecule has 0 aromatic rings. The summed E-state index contributed by atoms with van der Waals surface area (Å²) in [6.07, 6.45) is 0. The molecule has 2 heteroatoms. The van der Waals surface area contributed by atoms with Gasteiger partial charge in [0.15, 0.2) is 0 Å². The van der Waals surface area contributed by atoms with E-state index in [-0.39, 0.29) is 0 Å². The summed E-state index contributed by atoms with van der Waals surface area (Å²) >= 11 is 0. The molecule has 1 N–H and O–H groups in total. The fourth-order valence-corrected chi connectivity index (χ4v) is 0. The minimum Gasteiger partial charge on any atom is -0.478 e. The Hall–Kier alpha value is -0.790. The third kappa shape index (κ3) is 3.21. The minimum absolute atomic E-state index is 0.475. The summed E-state index contributed by atoms with van der Waals surface area (Å²) in [7, 11) is 0. The molecule has 0 fully saturated rings. The van der Waals surface area contributed by atoms with Crippen LogP contribution in [0.3, 0.4) is 0 Å². The van der Waals surface area contributed by atoms with Gasteiger partial charge in [-0.1, -0.05) is 6.55 Å². The predicted molar refractivity (Wildman–Crippen MR) is 17.8 cm³/mol. The molecule has 28 valence electrons. The Labute approximate surface area is 32.5 Å². The van der Waals surface area contributed by atoms with Crippen molar-refractivity contribution >= 4 is 5.97 Å². The molecule has 0 unspecified atom stereocenters. The molecule has 0 aliphatic carbocycles. The van der Waals surface area contributed by atoms with Gasteiger partial charge in [-0.25, -0.2) is 4.79 Å². The summed E-state index contributed by atoms with van der Waals surface area (Å²) < 4.78 is 12.6. The Balaban J connectivity index is 3.82. The summed E-state index contributed by atoms with van der Waals surface area (Å²) in [5, 5.41) is 7.81. The largest absolute Gasteiger partial charge is 0.478 e. The molecule has 5 heavy (non-hydrogen) atoms. The van der Waals surface area contributed by atoms with E-state index >= 15 is 0 Å². The lowest BCUT2D eigenvalue weighted by molar-refractivity contribution is -0.131. The molecule has 0 atom stereocenters. The van der Waals surface area contributed by atoms with Gasteiger partial charge in [0.25, 0.3) is 0 Å². The average Bonchev–Trinajstić information content (AvgIpc) is 1.65. The molecular formula is C3H4O2. The number of hydrogen-bond acceptors (Lipinski definition) is 1. The first-order valence-corrected chi connectivity index (χ1v) is 0.966. The molecule has 0 saturated heterocycles. The molecule has 0 amide bonds. The Morgan fingerprint density at radius 3 is 3.20 bits per heavy atom. The number of carboxylic acid groups (broad SMARTS) is 1. The molecular weight excluding hydrogens is 65.1 g/mol. The van der Waals surface area contributed by atoms with E-state index in [0.717, 1.165) is 0 Å². The van der Waals surface area contributed by atoms with Crippen LogP contribution in [0.1, 0.15) is 2.74 Å². The minimum atomic E-state index is -1.37. The molecule has 0 aliphatic rings. The van der Waals surface area contributed by atoms with E-state index in [4.69, 9.17) is 7.85 Å². The zero-order valence-electron chi connectivity index (χ0n) is 4.43. The maximum atomic E-state index is 9.55. The van der Waals surface area contributed by atoms with Crippen molar-refractivity contribution in [2.75, 3.05) is 0 Å². The molecule has 0 rings (SSSR count). The first kappa shape index (κ1) is 1.60. The van der Waals surface area contributed by atoms with Gasteiger partial charge < -0.3 is 5.11 Å². The smallest absolute Gasteiger partial charge is 0.327 e. The standard InChI is InChI=1S/C3H4O2/c1-2-3(4)5/h2H,1H2,(H,4,5)/i1D,2D,4-3/b2-1-. The van der Waals surface area contributed by atoms with Crippen molar-refractivity contribution in [3.05, 3.63) is 12.6 Å². The van der Waals surface area contributed by atoms with Gasteiger partial charge in [-0.15, -0.1) is 0 Å². The lowest BCUT2D eigenvalue weighted by atomic mass is 10.6. The van der Waals surface area contributed by atoms with Crippen molar-refractivity contribution in [3.8, 4) is 0 Å². The second-order valence-electron chi connectivity index (χ2n) is 0.449. The van der Waals surface area contributed by atoms with Crippen molar-refractivity contribution < 1.29 is 12.6 Å². The average molecular weight is 71.1 g/mol. The first-order chi connectivity index (χ1) is 3.18. The topological polar surface area (TPSA) is 37.3 Å². The van der Waals surface area contributed by atoms with Gasteiger partial charge in [-0.05, 0) is 0 Å². The maximum Gasteiger partial charge on any atom is 0.327 e. The zero-order chi connectivity index (χ0) is 5.86. The first-order valence-electron chi connectivity index (χ1n) is 2.04. The van der Waals surface area contributed by atoms with Crippen molar-refractivity contribution in [2.24, 2.45) is 0 Å². The van der Waals surface area contributed by atoms with Crippen molar-refractivity contribution in [1.82, 2.24) is 0 Å². The molecule has 0 aromatic carbocycles. The van der Waals surface area contributed by atoms with Crippen LogP contribution in [0.25, 0.3) is 0 Å². The third-order valence-electron chi connectivity index (χ3n) is 0.123. The van der Waals surface area contributed by atoms with Crippen molar-refractivity contribution in [2.45, 2.75) is 0 Å². The van der Waals surface area contributed by atoms with Gasteiger partial charge in [0.05, 0.1) is 2.74 Å². The summed E-state index contributed by atoms with van der Waals surface area (Å²) in [5.74, 6) is -1.37. The highest BCUT2D eigenvalue weighted by Gasteiger charge is 1.73. The molecule has 0 spiro atoms. The number of rotatable bonds is 1. The SMILES string of the molecule is [2H]/C=C(/[2H])C(O)=[13O]. The Morgan fingerprint density at radius 1 is 2.60 bits per heavy atom. The predicted octanol–water partition coefficient (Wildman–Crippen LogP) is 0.257. The molecule has 0 radical (unpaired) electrons. The fraction of sp³-hybridized carbons (Fsp3) is 0. The van der Waals surface area contributed by atoms with Crippen LogP contribution in [-0.4, -0.2) is 11.1 Å². The van der Waals surface area contributed by atoms with Crippen molar-refractivity contribution in [1.29, 1.82) is 0 Å². The van der Waals surface area contributed by atoms with Gasteiger partial charge in [-0.3, -0.25) is 0 Å². The van der Waals surface area contributed by atoms with E-state index in [2.05, 4.69) is 0 Å². The highest BCUT2D eigenvalue weighted by atomic mass is 16.3. The Kier molecular flexibility index (Phi) is 0.486. The van der Waals surface area contributed by atoms with E-state index in [0.29, 0.717) is 6.55 Å². The third-order valence-corrected chi connectivity index (χ3v) is 0.123. The highest BCUT2D eigenvalue weighted by Crippen LogP contribution is 1.54. The highest BCUT2D eigenvalue weighted by molar-refractivity contribution is 5.78. The molecule has 0 aromatic heterocycles. The molecule has 2 nitrogen and oxygen atoms in total. The van der Waals surface area contributed by atoms with E-state index in [9.17, 15) is 4.79 Å². The molecule has 0 saturated carbocycles. The molecule has 0 bridgehead atoms. The Bertz CT molecular complexity index is 108. The maximum absolute atomic E-state index is 9.55. The number of carboxylic acids is 1. The molecule has 0 heterocycles. The van der Waals surface area contributed by atoms with Crippen LogP contribution in [0.4, 0.5) is 0 Å². The second-order valence-corrected chi connectivity index (χ2v) is 0.449. The van der Waals surface area contributed by atoms with Crippen LogP contribution in [0.2, 0.25) is 0 Å². The lowest BCUT2D eigenvalue weighted by Gasteiger charge is -1.64.